The molecule has 0 radical (unpaired) electrons. The summed E-state index contributed by atoms with van der Waals surface area (Å²) >= 11 is 0. The van der Waals surface area contributed by atoms with Crippen LogP contribution in [0.5, 0.6) is 17.2 Å². The quantitative estimate of drug-likeness (QED) is 0.756. The van der Waals surface area contributed by atoms with Crippen molar-refractivity contribution in [2.24, 2.45) is 0 Å². The van der Waals surface area contributed by atoms with E-state index in [1.807, 2.05) is 38.1 Å². The average Bonchev–Trinajstić information content (AvgIpc) is 2.72. The summed E-state index contributed by atoms with van der Waals surface area (Å²) in [5.74, 6) is 0.946. The Hall–Kier alpha value is -3.28. The van der Waals surface area contributed by atoms with E-state index in [9.17, 15) is 14.7 Å². The molecule has 2 aliphatic rings. The van der Waals surface area contributed by atoms with Gasteiger partial charge < -0.3 is 19.9 Å². The van der Waals surface area contributed by atoms with E-state index in [1.165, 1.54) is 0 Å². The Labute approximate surface area is 181 Å². The Bertz CT molecular complexity index is 1060. The molecule has 0 saturated heterocycles. The van der Waals surface area contributed by atoms with Crippen LogP contribution < -0.4 is 14.8 Å². The Kier molecular flexibility index (Phi) is 5.72. The summed E-state index contributed by atoms with van der Waals surface area (Å²) in [5, 5.41) is 12.8. The number of phenolic OH excluding ortho intramolecular Hbond substituents is 1. The van der Waals surface area contributed by atoms with Crippen molar-refractivity contribution < 1.29 is 24.2 Å². The number of hydrogen-bond donors (Lipinski definition) is 2. The lowest BCUT2D eigenvalue weighted by Crippen LogP contribution is -2.38. The minimum absolute atomic E-state index is 0.0236. The molecule has 0 bridgehead atoms. The summed E-state index contributed by atoms with van der Waals surface area (Å²) in [6.45, 7) is 3.91. The number of methoxy groups -OCH3 is 1. The van der Waals surface area contributed by atoms with Gasteiger partial charge in [-0.25, -0.2) is 0 Å². The number of ether oxygens (including phenoxy) is 2. The molecule has 1 heterocycles. The first-order valence-corrected chi connectivity index (χ1v) is 10.5. The number of phenols is 1. The standard InChI is InChI=1S/C25H27NO5/c1-14(2)31-22-8-7-15(12-23(22)30-3)17-10-20-25(21(28)11-17)19(13-24(29)26-20)16-5-4-6-18(27)9-16/h4-9,12,14,17,19,27H,10-11,13H2,1-3H3,(H,26,29)/t17-,19+/m0/s1. The number of rotatable bonds is 5. The Morgan fingerprint density at radius 1 is 1.00 bits per heavy atom. The van der Waals surface area contributed by atoms with E-state index in [1.54, 1.807) is 25.3 Å². The van der Waals surface area contributed by atoms with E-state index in [2.05, 4.69) is 5.32 Å². The molecule has 1 aliphatic heterocycles. The van der Waals surface area contributed by atoms with Crippen LogP contribution in [-0.2, 0) is 9.59 Å². The highest BCUT2D eigenvalue weighted by Gasteiger charge is 2.38. The lowest BCUT2D eigenvalue weighted by atomic mass is 9.73. The number of Topliss-reactive ketones (excluding diaryl/α,β-unsaturated/α-hetero) is 1. The minimum atomic E-state index is -0.333. The van der Waals surface area contributed by atoms with Crippen LogP contribution in [0.1, 0.15) is 56.1 Å². The van der Waals surface area contributed by atoms with Gasteiger partial charge in [-0.3, -0.25) is 9.59 Å². The fraction of sp³-hybridized carbons (Fsp3) is 0.360. The van der Waals surface area contributed by atoms with Crippen molar-refractivity contribution in [1.29, 1.82) is 0 Å². The zero-order valence-electron chi connectivity index (χ0n) is 18.0. The van der Waals surface area contributed by atoms with Gasteiger partial charge in [-0.2, -0.15) is 0 Å². The molecule has 1 amide bonds. The predicted octanol–water partition coefficient (Wildman–Crippen LogP) is 4.19. The van der Waals surface area contributed by atoms with Crippen molar-refractivity contribution >= 4 is 11.7 Å². The number of carbonyl (C=O) groups excluding carboxylic acids is 2. The maximum absolute atomic E-state index is 13.2. The largest absolute Gasteiger partial charge is 0.508 e. The summed E-state index contributed by atoms with van der Waals surface area (Å²) in [5.41, 5.74) is 3.10. The van der Waals surface area contributed by atoms with Gasteiger partial charge in [0.05, 0.1) is 13.2 Å². The molecule has 0 spiro atoms. The summed E-state index contributed by atoms with van der Waals surface area (Å²) in [7, 11) is 1.60. The summed E-state index contributed by atoms with van der Waals surface area (Å²) in [6, 6.07) is 12.6. The molecular formula is C25H27NO5. The first-order chi connectivity index (χ1) is 14.9. The van der Waals surface area contributed by atoms with Crippen LogP contribution in [0.25, 0.3) is 0 Å². The number of ketones is 1. The van der Waals surface area contributed by atoms with Gasteiger partial charge in [0.1, 0.15) is 5.75 Å². The van der Waals surface area contributed by atoms with E-state index in [-0.39, 0.29) is 41.8 Å². The minimum Gasteiger partial charge on any atom is -0.508 e. The molecule has 0 unspecified atom stereocenters. The number of hydrogen-bond acceptors (Lipinski definition) is 5. The molecule has 6 heteroatoms. The van der Waals surface area contributed by atoms with Gasteiger partial charge in [0.15, 0.2) is 17.3 Å². The topological polar surface area (TPSA) is 84.9 Å². The van der Waals surface area contributed by atoms with Crippen molar-refractivity contribution in [1.82, 2.24) is 5.32 Å². The van der Waals surface area contributed by atoms with Crippen molar-refractivity contribution in [3.63, 3.8) is 0 Å². The van der Waals surface area contributed by atoms with Crippen molar-refractivity contribution in [3.05, 3.63) is 64.9 Å². The Morgan fingerprint density at radius 2 is 1.81 bits per heavy atom. The molecule has 2 aromatic carbocycles. The van der Waals surface area contributed by atoms with E-state index in [4.69, 9.17) is 9.47 Å². The molecule has 2 aromatic rings. The third-order valence-corrected chi connectivity index (χ3v) is 5.83. The SMILES string of the molecule is COc1cc([C@@H]2CC(=O)C3=C(C2)NC(=O)C[C@@H]3c2cccc(O)c2)ccc1OC(C)C. The first kappa shape index (κ1) is 21.0. The molecule has 0 saturated carbocycles. The van der Waals surface area contributed by atoms with Gasteiger partial charge in [-0.1, -0.05) is 18.2 Å². The molecule has 0 aromatic heterocycles. The fourth-order valence-corrected chi connectivity index (χ4v) is 4.51. The zero-order chi connectivity index (χ0) is 22.1. The van der Waals surface area contributed by atoms with Crippen LogP contribution in [0, 0.1) is 0 Å². The van der Waals surface area contributed by atoms with Gasteiger partial charge in [-0.05, 0) is 61.6 Å². The summed E-state index contributed by atoms with van der Waals surface area (Å²) < 4.78 is 11.3. The number of carbonyl (C=O) groups is 2. The van der Waals surface area contributed by atoms with E-state index in [0.29, 0.717) is 35.6 Å². The van der Waals surface area contributed by atoms with Crippen LogP contribution in [0.3, 0.4) is 0 Å². The number of amides is 1. The van der Waals surface area contributed by atoms with Crippen molar-refractivity contribution in [2.45, 2.75) is 51.0 Å². The molecule has 2 N–H and O–H groups in total. The normalized spacial score (nSPS) is 21.0. The lowest BCUT2D eigenvalue weighted by molar-refractivity contribution is -0.122. The Balaban J connectivity index is 1.66. The molecule has 4 rings (SSSR count). The predicted molar refractivity (Wildman–Crippen MR) is 116 cm³/mol. The second kappa shape index (κ2) is 8.46. The average molecular weight is 421 g/mol. The molecule has 31 heavy (non-hydrogen) atoms. The van der Waals surface area contributed by atoms with Gasteiger partial charge in [0.2, 0.25) is 5.91 Å². The van der Waals surface area contributed by atoms with Crippen LogP contribution in [0.2, 0.25) is 0 Å². The summed E-state index contributed by atoms with van der Waals surface area (Å²) in [6.07, 6.45) is 1.15. The monoisotopic (exact) mass is 421 g/mol. The fourth-order valence-electron chi connectivity index (χ4n) is 4.51. The maximum Gasteiger partial charge on any atom is 0.225 e. The smallest absolute Gasteiger partial charge is 0.225 e. The number of allylic oxidation sites excluding steroid dienone is 2. The van der Waals surface area contributed by atoms with Crippen LogP contribution in [0.4, 0.5) is 0 Å². The second-order valence-electron chi connectivity index (χ2n) is 8.40. The number of aromatic hydroxyl groups is 1. The number of benzene rings is 2. The van der Waals surface area contributed by atoms with Gasteiger partial charge >= 0.3 is 0 Å². The molecule has 0 fully saturated rings. The number of nitrogens with one attached hydrogen (secondary N) is 1. The van der Waals surface area contributed by atoms with E-state index in [0.717, 1.165) is 11.1 Å². The molecule has 162 valence electrons. The molecule has 6 nitrogen and oxygen atoms in total. The van der Waals surface area contributed by atoms with Crippen molar-refractivity contribution in [2.75, 3.05) is 7.11 Å². The highest BCUT2D eigenvalue weighted by Crippen LogP contribution is 2.44. The molecule has 1 aliphatic carbocycles. The molecule has 2 atom stereocenters. The lowest BCUT2D eigenvalue weighted by Gasteiger charge is -2.34. The van der Waals surface area contributed by atoms with Gasteiger partial charge in [0, 0.05) is 30.0 Å². The highest BCUT2D eigenvalue weighted by molar-refractivity contribution is 6.02. The summed E-state index contributed by atoms with van der Waals surface area (Å²) in [4.78, 5) is 25.7. The third kappa shape index (κ3) is 4.29. The van der Waals surface area contributed by atoms with Gasteiger partial charge in [0.25, 0.3) is 0 Å². The van der Waals surface area contributed by atoms with E-state index >= 15 is 0 Å². The van der Waals surface area contributed by atoms with E-state index < -0.39 is 0 Å². The zero-order valence-corrected chi connectivity index (χ0v) is 18.0. The third-order valence-electron chi connectivity index (χ3n) is 5.83. The maximum atomic E-state index is 13.2. The van der Waals surface area contributed by atoms with Crippen molar-refractivity contribution in [3.8, 4) is 17.2 Å². The van der Waals surface area contributed by atoms with Gasteiger partial charge in [-0.15, -0.1) is 0 Å². The Morgan fingerprint density at radius 3 is 2.52 bits per heavy atom. The van der Waals surface area contributed by atoms with Crippen LogP contribution in [-0.4, -0.2) is 30.0 Å². The van der Waals surface area contributed by atoms with Crippen LogP contribution >= 0.6 is 0 Å². The highest BCUT2D eigenvalue weighted by atomic mass is 16.5. The first-order valence-electron chi connectivity index (χ1n) is 10.5. The second-order valence-corrected chi connectivity index (χ2v) is 8.40. The molecular weight excluding hydrogens is 394 g/mol. The van der Waals surface area contributed by atoms with Crippen LogP contribution in [0.15, 0.2) is 53.7 Å².